The summed E-state index contributed by atoms with van der Waals surface area (Å²) in [5, 5.41) is 13.3. The lowest BCUT2D eigenvalue weighted by atomic mass is 10.0. The predicted octanol–water partition coefficient (Wildman–Crippen LogP) is 1.36. The van der Waals surface area contributed by atoms with Gasteiger partial charge in [-0.3, -0.25) is 4.68 Å². The molecule has 6 heteroatoms. The largest absolute Gasteiger partial charge is 0.478 e. The van der Waals surface area contributed by atoms with Gasteiger partial charge in [-0.05, 0) is 39.9 Å². The van der Waals surface area contributed by atoms with Crippen molar-refractivity contribution >= 4 is 17.9 Å². The summed E-state index contributed by atoms with van der Waals surface area (Å²) in [5.74, 6) is 0.0812. The molecule has 0 amide bonds. The normalized spacial score (nSPS) is 17.1. The number of aliphatic carboxylic acids is 1. The maximum atomic E-state index is 10.8. The smallest absolute Gasteiger partial charge is 0.328 e. The quantitative estimate of drug-likeness (QED) is 0.849. The fraction of sp³-hybridized carbons (Fsp3) is 0.600. The van der Waals surface area contributed by atoms with Gasteiger partial charge in [0.05, 0.1) is 5.69 Å². The molecule has 1 N–H and O–H groups in total. The molecule has 0 aliphatic carbocycles. The van der Waals surface area contributed by atoms with E-state index in [1.54, 1.807) is 6.08 Å². The summed E-state index contributed by atoms with van der Waals surface area (Å²) < 4.78 is 1.85. The van der Waals surface area contributed by atoms with Gasteiger partial charge in [-0.15, -0.1) is 0 Å². The van der Waals surface area contributed by atoms with Gasteiger partial charge in [0.15, 0.2) is 0 Å². The summed E-state index contributed by atoms with van der Waals surface area (Å²) in [6, 6.07) is 0.619. The first kappa shape index (κ1) is 15.6. The number of hydrogen-bond donors (Lipinski definition) is 1. The van der Waals surface area contributed by atoms with Crippen LogP contribution in [0.3, 0.4) is 0 Å². The van der Waals surface area contributed by atoms with Crippen molar-refractivity contribution in [3.8, 4) is 0 Å². The van der Waals surface area contributed by atoms with Gasteiger partial charge in [-0.1, -0.05) is 0 Å². The Hall–Kier alpha value is -1.82. The van der Waals surface area contributed by atoms with Crippen LogP contribution in [0.25, 0.3) is 6.08 Å². The predicted molar refractivity (Wildman–Crippen MR) is 83.5 cm³/mol. The van der Waals surface area contributed by atoms with Crippen LogP contribution in [0.15, 0.2) is 6.08 Å². The topological polar surface area (TPSA) is 61.6 Å². The Morgan fingerprint density at radius 1 is 1.38 bits per heavy atom. The molecule has 1 aromatic heterocycles. The zero-order valence-corrected chi connectivity index (χ0v) is 13.2. The number of nitrogens with zero attached hydrogens (tertiary/aromatic N) is 4. The van der Waals surface area contributed by atoms with E-state index in [0.717, 1.165) is 43.0 Å². The molecule has 1 aliphatic heterocycles. The van der Waals surface area contributed by atoms with Crippen LogP contribution < -0.4 is 4.90 Å². The molecule has 2 rings (SSSR count). The number of piperidine rings is 1. The lowest BCUT2D eigenvalue weighted by Gasteiger charge is -2.36. The van der Waals surface area contributed by atoms with Crippen molar-refractivity contribution in [1.29, 1.82) is 0 Å². The van der Waals surface area contributed by atoms with Crippen LogP contribution in [-0.4, -0.2) is 59.0 Å². The summed E-state index contributed by atoms with van der Waals surface area (Å²) in [4.78, 5) is 15.3. The minimum Gasteiger partial charge on any atom is -0.478 e. The van der Waals surface area contributed by atoms with Crippen LogP contribution in [0.1, 0.15) is 24.1 Å². The lowest BCUT2D eigenvalue weighted by Crippen LogP contribution is -2.42. The van der Waals surface area contributed by atoms with Crippen molar-refractivity contribution in [2.45, 2.75) is 25.8 Å². The molecule has 6 nitrogen and oxygen atoms in total. The number of carboxylic acids is 1. The number of carbonyl (C=O) groups is 1. The average molecular weight is 292 g/mol. The number of rotatable bonds is 4. The van der Waals surface area contributed by atoms with E-state index in [-0.39, 0.29) is 0 Å². The van der Waals surface area contributed by atoms with Crippen molar-refractivity contribution in [3.05, 3.63) is 17.3 Å². The van der Waals surface area contributed by atoms with Crippen molar-refractivity contribution in [2.24, 2.45) is 7.05 Å². The molecule has 116 valence electrons. The Bertz CT molecular complexity index is 540. The third-order valence-electron chi connectivity index (χ3n) is 4.12. The molecule has 0 aromatic carbocycles. The van der Waals surface area contributed by atoms with Gasteiger partial charge in [0, 0.05) is 37.8 Å². The van der Waals surface area contributed by atoms with Gasteiger partial charge in [0.1, 0.15) is 5.82 Å². The minimum absolute atomic E-state index is 0.619. The molecule has 0 bridgehead atoms. The second kappa shape index (κ2) is 6.30. The summed E-state index contributed by atoms with van der Waals surface area (Å²) >= 11 is 0. The Morgan fingerprint density at radius 3 is 2.52 bits per heavy atom. The second-order valence-corrected chi connectivity index (χ2v) is 5.80. The van der Waals surface area contributed by atoms with Crippen LogP contribution in [0.5, 0.6) is 0 Å². The zero-order chi connectivity index (χ0) is 15.6. The van der Waals surface area contributed by atoms with Gasteiger partial charge in [0.25, 0.3) is 0 Å². The molecule has 1 fully saturated rings. The van der Waals surface area contributed by atoms with Crippen molar-refractivity contribution in [1.82, 2.24) is 14.7 Å². The van der Waals surface area contributed by atoms with E-state index in [1.165, 1.54) is 6.08 Å². The highest BCUT2D eigenvalue weighted by Gasteiger charge is 2.24. The molecule has 0 saturated carbocycles. The third-order valence-corrected chi connectivity index (χ3v) is 4.12. The molecule has 1 aliphatic rings. The molecule has 2 heterocycles. The maximum absolute atomic E-state index is 10.8. The van der Waals surface area contributed by atoms with Crippen molar-refractivity contribution < 1.29 is 9.90 Å². The second-order valence-electron chi connectivity index (χ2n) is 5.80. The molecule has 0 spiro atoms. The summed E-state index contributed by atoms with van der Waals surface area (Å²) in [7, 11) is 6.16. The van der Waals surface area contributed by atoms with Crippen LogP contribution in [0.2, 0.25) is 0 Å². The van der Waals surface area contributed by atoms with E-state index in [0.29, 0.717) is 6.04 Å². The Balaban J connectivity index is 2.22. The number of aromatic nitrogens is 2. The van der Waals surface area contributed by atoms with Crippen molar-refractivity contribution in [3.63, 3.8) is 0 Å². The Labute approximate surface area is 125 Å². The first-order chi connectivity index (χ1) is 9.90. The lowest BCUT2D eigenvalue weighted by molar-refractivity contribution is -0.131. The average Bonchev–Trinajstić information content (AvgIpc) is 2.70. The highest BCUT2D eigenvalue weighted by molar-refractivity contribution is 5.87. The maximum Gasteiger partial charge on any atom is 0.328 e. The number of anilines is 1. The molecule has 1 saturated heterocycles. The van der Waals surface area contributed by atoms with Crippen LogP contribution >= 0.6 is 0 Å². The first-order valence-electron chi connectivity index (χ1n) is 7.26. The standard InChI is InChI=1S/C15H24N4O2/c1-11-13(5-6-14(20)21)15(18(4)16-11)19-9-7-12(8-10-19)17(2)3/h5-6,12H,7-10H2,1-4H3,(H,20,21)/b6-5+. The van der Waals surface area contributed by atoms with Crippen LogP contribution in [0.4, 0.5) is 5.82 Å². The van der Waals surface area contributed by atoms with Crippen LogP contribution in [0, 0.1) is 6.92 Å². The monoisotopic (exact) mass is 292 g/mol. The van der Waals surface area contributed by atoms with Gasteiger partial charge >= 0.3 is 5.97 Å². The van der Waals surface area contributed by atoms with Gasteiger partial charge in [0.2, 0.25) is 0 Å². The van der Waals surface area contributed by atoms with E-state index in [2.05, 4.69) is 29.0 Å². The van der Waals surface area contributed by atoms with Gasteiger partial charge in [-0.2, -0.15) is 5.10 Å². The fourth-order valence-corrected chi connectivity index (χ4v) is 2.98. The molecular weight excluding hydrogens is 268 g/mol. The number of aryl methyl sites for hydroxylation is 2. The van der Waals surface area contributed by atoms with E-state index in [1.807, 2.05) is 18.7 Å². The first-order valence-corrected chi connectivity index (χ1v) is 7.26. The van der Waals surface area contributed by atoms with Gasteiger partial charge in [-0.25, -0.2) is 4.79 Å². The van der Waals surface area contributed by atoms with E-state index in [4.69, 9.17) is 5.11 Å². The highest BCUT2D eigenvalue weighted by Crippen LogP contribution is 2.28. The molecule has 1 aromatic rings. The number of carboxylic acid groups (broad SMARTS) is 1. The third kappa shape index (κ3) is 3.44. The SMILES string of the molecule is Cc1nn(C)c(N2CCC(N(C)C)CC2)c1/C=C/C(=O)O. The molecule has 0 unspecified atom stereocenters. The van der Waals surface area contributed by atoms with E-state index in [9.17, 15) is 4.79 Å². The molecular formula is C15H24N4O2. The minimum atomic E-state index is -0.935. The summed E-state index contributed by atoms with van der Waals surface area (Å²) in [6.07, 6.45) is 5.05. The summed E-state index contributed by atoms with van der Waals surface area (Å²) in [6.45, 7) is 3.85. The van der Waals surface area contributed by atoms with E-state index >= 15 is 0 Å². The molecule has 0 radical (unpaired) electrons. The Morgan fingerprint density at radius 2 is 2.00 bits per heavy atom. The van der Waals surface area contributed by atoms with E-state index < -0.39 is 5.97 Å². The van der Waals surface area contributed by atoms with Crippen molar-refractivity contribution in [2.75, 3.05) is 32.1 Å². The molecule has 0 atom stereocenters. The number of hydrogen-bond acceptors (Lipinski definition) is 4. The fourth-order valence-electron chi connectivity index (χ4n) is 2.98. The zero-order valence-electron chi connectivity index (χ0n) is 13.2. The molecule has 21 heavy (non-hydrogen) atoms. The Kier molecular flexibility index (Phi) is 4.67. The van der Waals surface area contributed by atoms with Crippen LogP contribution in [-0.2, 0) is 11.8 Å². The van der Waals surface area contributed by atoms with Gasteiger partial charge < -0.3 is 14.9 Å². The highest BCUT2D eigenvalue weighted by atomic mass is 16.4. The summed E-state index contributed by atoms with van der Waals surface area (Å²) in [5.41, 5.74) is 1.77.